The molecule has 0 amide bonds. The van der Waals surface area contributed by atoms with Gasteiger partial charge >= 0.3 is 0 Å². The van der Waals surface area contributed by atoms with Crippen molar-refractivity contribution in [1.29, 1.82) is 0 Å². The van der Waals surface area contributed by atoms with Gasteiger partial charge < -0.3 is 20.1 Å². The quantitative estimate of drug-likeness (QED) is 0.210. The summed E-state index contributed by atoms with van der Waals surface area (Å²) in [6.07, 6.45) is 2.10. The predicted octanol–water partition coefficient (Wildman–Crippen LogP) is 1.39. The van der Waals surface area contributed by atoms with Crippen LogP contribution in [0.25, 0.3) is 0 Å². The number of nitro benzene ring substituents is 1. The van der Waals surface area contributed by atoms with Crippen LogP contribution in [0.15, 0.2) is 29.3 Å². The Balaban J connectivity index is 1.48. The molecule has 1 aromatic rings. The molecule has 160 valence electrons. The number of ether oxygens (including phenoxy) is 2. The minimum absolute atomic E-state index is 0.0959. The SMILES string of the molecule is O=[N+]([O-])c1ccc(CN=C(NCCCN2CCOCC2)NCC2CCOC2)cc1. The van der Waals surface area contributed by atoms with Gasteiger partial charge in [0, 0.05) is 50.8 Å². The molecule has 0 bridgehead atoms. The number of hydrogen-bond donors (Lipinski definition) is 2. The molecular formula is C20H31N5O4. The fourth-order valence-corrected chi connectivity index (χ4v) is 3.39. The van der Waals surface area contributed by atoms with Crippen LogP contribution in [0.1, 0.15) is 18.4 Å². The summed E-state index contributed by atoms with van der Waals surface area (Å²) in [5.41, 5.74) is 1.03. The van der Waals surface area contributed by atoms with Gasteiger partial charge in [0.05, 0.1) is 31.3 Å². The number of aliphatic imine (C=N–C) groups is 1. The molecule has 1 aromatic carbocycles. The Labute approximate surface area is 171 Å². The number of nitrogens with zero attached hydrogens (tertiary/aromatic N) is 3. The summed E-state index contributed by atoms with van der Waals surface area (Å²) in [6, 6.07) is 6.54. The number of benzene rings is 1. The molecule has 2 N–H and O–H groups in total. The third kappa shape index (κ3) is 7.60. The summed E-state index contributed by atoms with van der Waals surface area (Å²) in [5, 5.41) is 17.6. The smallest absolute Gasteiger partial charge is 0.269 e. The molecule has 9 nitrogen and oxygen atoms in total. The number of morpholine rings is 1. The van der Waals surface area contributed by atoms with Crippen molar-refractivity contribution < 1.29 is 14.4 Å². The number of rotatable bonds is 9. The maximum absolute atomic E-state index is 10.8. The number of nitrogens with one attached hydrogen (secondary N) is 2. The first kappa shape index (κ1) is 21.5. The zero-order chi connectivity index (χ0) is 20.3. The average Bonchev–Trinajstić information content (AvgIpc) is 3.27. The van der Waals surface area contributed by atoms with E-state index in [1.807, 2.05) is 0 Å². The molecule has 2 saturated heterocycles. The van der Waals surface area contributed by atoms with Crippen LogP contribution in [0.3, 0.4) is 0 Å². The standard InChI is InChI=1S/C20H31N5O4/c26-25(27)19-4-2-17(3-5-19)14-22-20(23-15-18-6-11-29-16-18)21-7-1-8-24-9-12-28-13-10-24/h2-5,18H,1,6-16H2,(H2,21,22,23). The van der Waals surface area contributed by atoms with Gasteiger partial charge in [0.25, 0.3) is 5.69 Å². The zero-order valence-corrected chi connectivity index (χ0v) is 16.8. The summed E-state index contributed by atoms with van der Waals surface area (Å²) in [7, 11) is 0. The molecule has 0 saturated carbocycles. The molecule has 2 fully saturated rings. The molecule has 0 aromatic heterocycles. The Bertz CT molecular complexity index is 655. The number of non-ortho nitro benzene ring substituents is 1. The van der Waals surface area contributed by atoms with E-state index < -0.39 is 0 Å². The number of guanidine groups is 1. The van der Waals surface area contributed by atoms with E-state index in [2.05, 4.69) is 20.5 Å². The second kappa shape index (κ2) is 11.7. The molecule has 2 aliphatic heterocycles. The minimum Gasteiger partial charge on any atom is -0.381 e. The van der Waals surface area contributed by atoms with Crippen LogP contribution in [0.4, 0.5) is 5.69 Å². The predicted molar refractivity (Wildman–Crippen MR) is 111 cm³/mol. The molecular weight excluding hydrogens is 374 g/mol. The van der Waals surface area contributed by atoms with E-state index in [9.17, 15) is 10.1 Å². The van der Waals surface area contributed by atoms with Crippen molar-refractivity contribution in [1.82, 2.24) is 15.5 Å². The maximum atomic E-state index is 10.8. The second-order valence-electron chi connectivity index (χ2n) is 7.43. The fourth-order valence-electron chi connectivity index (χ4n) is 3.39. The molecule has 0 aliphatic carbocycles. The highest BCUT2D eigenvalue weighted by Crippen LogP contribution is 2.13. The molecule has 0 spiro atoms. The van der Waals surface area contributed by atoms with Crippen LogP contribution < -0.4 is 10.6 Å². The van der Waals surface area contributed by atoms with Gasteiger partial charge in [-0.15, -0.1) is 0 Å². The first-order valence-corrected chi connectivity index (χ1v) is 10.3. The van der Waals surface area contributed by atoms with Gasteiger partial charge in [0.15, 0.2) is 5.96 Å². The molecule has 29 heavy (non-hydrogen) atoms. The van der Waals surface area contributed by atoms with E-state index >= 15 is 0 Å². The number of hydrogen-bond acceptors (Lipinski definition) is 6. The van der Waals surface area contributed by atoms with Crippen molar-refractivity contribution in [2.75, 3.05) is 59.2 Å². The number of nitro groups is 1. The minimum atomic E-state index is -0.389. The zero-order valence-electron chi connectivity index (χ0n) is 16.8. The van der Waals surface area contributed by atoms with Crippen LogP contribution >= 0.6 is 0 Å². The van der Waals surface area contributed by atoms with Crippen molar-refractivity contribution >= 4 is 11.6 Å². The second-order valence-corrected chi connectivity index (χ2v) is 7.43. The van der Waals surface area contributed by atoms with E-state index in [1.165, 1.54) is 12.1 Å². The Morgan fingerprint density at radius 3 is 2.66 bits per heavy atom. The topological polar surface area (TPSA) is 101 Å². The Morgan fingerprint density at radius 1 is 1.17 bits per heavy atom. The highest BCUT2D eigenvalue weighted by atomic mass is 16.6. The fraction of sp³-hybridized carbons (Fsp3) is 0.650. The van der Waals surface area contributed by atoms with Gasteiger partial charge in [0.2, 0.25) is 0 Å². The van der Waals surface area contributed by atoms with Crippen LogP contribution in [0.2, 0.25) is 0 Å². The van der Waals surface area contributed by atoms with Crippen LogP contribution in [-0.4, -0.2) is 74.9 Å². The lowest BCUT2D eigenvalue weighted by atomic mass is 10.1. The van der Waals surface area contributed by atoms with Gasteiger partial charge in [-0.1, -0.05) is 12.1 Å². The highest BCUT2D eigenvalue weighted by Gasteiger charge is 2.16. The molecule has 3 rings (SSSR count). The van der Waals surface area contributed by atoms with Crippen molar-refractivity contribution in [3.63, 3.8) is 0 Å². The maximum Gasteiger partial charge on any atom is 0.269 e. The molecule has 1 unspecified atom stereocenters. The molecule has 1 atom stereocenters. The third-order valence-electron chi connectivity index (χ3n) is 5.20. The lowest BCUT2D eigenvalue weighted by Gasteiger charge is -2.26. The van der Waals surface area contributed by atoms with Crippen LogP contribution in [-0.2, 0) is 16.0 Å². The largest absolute Gasteiger partial charge is 0.381 e. The van der Waals surface area contributed by atoms with Crippen LogP contribution in [0.5, 0.6) is 0 Å². The van der Waals surface area contributed by atoms with E-state index in [0.29, 0.717) is 12.5 Å². The average molecular weight is 405 g/mol. The first-order chi connectivity index (χ1) is 14.2. The summed E-state index contributed by atoms with van der Waals surface area (Å²) < 4.78 is 10.8. The van der Waals surface area contributed by atoms with E-state index in [-0.39, 0.29) is 10.6 Å². The van der Waals surface area contributed by atoms with E-state index in [0.717, 1.165) is 83.5 Å². The van der Waals surface area contributed by atoms with Gasteiger partial charge in [0.1, 0.15) is 0 Å². The van der Waals surface area contributed by atoms with Gasteiger partial charge in [-0.2, -0.15) is 0 Å². The van der Waals surface area contributed by atoms with E-state index in [4.69, 9.17) is 9.47 Å². The third-order valence-corrected chi connectivity index (χ3v) is 5.20. The van der Waals surface area contributed by atoms with Gasteiger partial charge in [-0.3, -0.25) is 15.0 Å². The summed E-state index contributed by atoms with van der Waals surface area (Å²) in [6.45, 7) is 8.44. The van der Waals surface area contributed by atoms with Gasteiger partial charge in [-0.25, -0.2) is 4.99 Å². The Hall–Kier alpha value is -2.23. The first-order valence-electron chi connectivity index (χ1n) is 10.3. The highest BCUT2D eigenvalue weighted by molar-refractivity contribution is 5.79. The van der Waals surface area contributed by atoms with Crippen molar-refractivity contribution in [2.24, 2.45) is 10.9 Å². The van der Waals surface area contributed by atoms with Crippen molar-refractivity contribution in [3.8, 4) is 0 Å². The lowest BCUT2D eigenvalue weighted by Crippen LogP contribution is -2.42. The molecule has 9 heteroatoms. The summed E-state index contributed by atoms with van der Waals surface area (Å²) >= 11 is 0. The Kier molecular flexibility index (Phi) is 8.66. The van der Waals surface area contributed by atoms with Crippen molar-refractivity contribution in [3.05, 3.63) is 39.9 Å². The van der Waals surface area contributed by atoms with Crippen molar-refractivity contribution in [2.45, 2.75) is 19.4 Å². The Morgan fingerprint density at radius 2 is 1.97 bits per heavy atom. The van der Waals surface area contributed by atoms with Crippen LogP contribution in [0, 0.1) is 16.0 Å². The molecule has 2 aliphatic rings. The lowest BCUT2D eigenvalue weighted by molar-refractivity contribution is -0.384. The van der Waals surface area contributed by atoms with E-state index in [1.54, 1.807) is 12.1 Å². The van der Waals surface area contributed by atoms with Gasteiger partial charge in [-0.05, 0) is 24.9 Å². The molecule has 0 radical (unpaired) electrons. The normalized spacial score (nSPS) is 20.6. The summed E-state index contributed by atoms with van der Waals surface area (Å²) in [5.74, 6) is 1.28. The summed E-state index contributed by atoms with van der Waals surface area (Å²) in [4.78, 5) is 17.5. The monoisotopic (exact) mass is 405 g/mol. The molecule has 2 heterocycles.